The Morgan fingerprint density at radius 2 is 0.604 bits per heavy atom. The molecule has 0 saturated heterocycles. The highest BCUT2D eigenvalue weighted by molar-refractivity contribution is 7.93. The molecule has 0 aliphatic carbocycles. The molecule has 4 heterocycles. The van der Waals surface area contributed by atoms with Crippen LogP contribution in [0.4, 0.5) is 11.4 Å². The van der Waals surface area contributed by atoms with Crippen molar-refractivity contribution in [1.29, 1.82) is 0 Å². The number of nitrogens with two attached hydrogens (primary N) is 2. The average molecular weight is 1540 g/mol. The third-order valence-electron chi connectivity index (χ3n) is 15.7. The van der Waals surface area contributed by atoms with Crippen LogP contribution < -0.4 is 37.8 Å². The van der Waals surface area contributed by atoms with E-state index in [2.05, 4.69) is 66.2 Å². The van der Waals surface area contributed by atoms with Gasteiger partial charge in [-0.25, -0.2) is 83.8 Å². The highest BCUT2D eigenvalue weighted by Gasteiger charge is 2.40. The number of methoxy groups -OCH3 is 4. The Morgan fingerprint density at radius 1 is 0.368 bits per heavy atom. The number of aryl methyl sites for hydroxylation is 4. The summed E-state index contributed by atoms with van der Waals surface area (Å²) in [6.45, 7) is 28.8. The molecule has 0 radical (unpaired) electrons. The molecule has 32 heteroatoms. The van der Waals surface area contributed by atoms with Crippen LogP contribution in [-0.4, -0.2) is 149 Å². The van der Waals surface area contributed by atoms with Gasteiger partial charge in [-0.3, -0.25) is 8.61 Å². The summed E-state index contributed by atoms with van der Waals surface area (Å²) in [6.07, 6.45) is 15.7. The molecule has 4 aromatic carbocycles. The summed E-state index contributed by atoms with van der Waals surface area (Å²) in [7, 11) is -9.16. The van der Waals surface area contributed by atoms with E-state index in [-0.39, 0.29) is 39.5 Å². The molecule has 0 aliphatic rings. The standard InChI is InChI=1S/2C26H31N3O5S.2C11H17N3O3S/c2*1-6-14-34-25(26-27-16-19(2)17-28-26)20(3)35(30,31)29(22-8-7-9-24(15-22)33-5)18-21-10-12-23(32-4)13-11-21;2*1-4-5-17-10(9(3)18(12,15)16)11-13-6-8(2)7-14-11/h2*6-13,15-17,20,25H,1,14,18H2,2-5H3;2*4,6-7,9-10H,1,5H2,2-3H3,(H2,12,15,16)/t2*20-,25+;2*9-,10+/m1010/s1. The number of rotatable bonds is 36. The molecule has 0 fully saturated rings. The van der Waals surface area contributed by atoms with Crippen molar-refractivity contribution in [3.8, 4) is 23.0 Å². The van der Waals surface area contributed by atoms with Gasteiger partial charge in [0, 0.05) is 61.7 Å². The molecule has 0 aliphatic heterocycles. The number of nitrogens with zero attached hydrogens (tertiary/aromatic N) is 10. The summed E-state index contributed by atoms with van der Waals surface area (Å²) in [5.74, 6) is 3.65. The number of sulfonamides is 4. The van der Waals surface area contributed by atoms with Gasteiger partial charge in [0.25, 0.3) is 0 Å². The zero-order valence-electron chi connectivity index (χ0n) is 61.6. The molecular formula is C74H96N12O16S4. The lowest BCUT2D eigenvalue weighted by Gasteiger charge is -2.31. The van der Waals surface area contributed by atoms with Crippen molar-refractivity contribution in [2.45, 2.75) is 114 Å². The summed E-state index contributed by atoms with van der Waals surface area (Å²) >= 11 is 0. The molecule has 0 unspecified atom stereocenters. The Hall–Kier alpha value is -9.48. The van der Waals surface area contributed by atoms with Crippen molar-refractivity contribution < 1.29 is 71.6 Å². The topological polar surface area (TPSA) is 372 Å². The van der Waals surface area contributed by atoms with Gasteiger partial charge in [0.1, 0.15) is 68.4 Å². The van der Waals surface area contributed by atoms with Crippen LogP contribution in [0.3, 0.4) is 0 Å². The normalized spacial score (nSPS) is 13.7. The van der Waals surface area contributed by atoms with Gasteiger partial charge >= 0.3 is 0 Å². The fourth-order valence-corrected chi connectivity index (χ4v) is 14.0. The fraction of sp³-hybridized carbons (Fsp3) is 0.351. The monoisotopic (exact) mass is 1540 g/mol. The fourth-order valence-electron chi connectivity index (χ4n) is 9.60. The van der Waals surface area contributed by atoms with Crippen LogP contribution in [0.5, 0.6) is 23.0 Å². The molecule has 4 N–H and O–H groups in total. The highest BCUT2D eigenvalue weighted by atomic mass is 32.2. The second-order valence-corrected chi connectivity index (χ2v) is 32.1. The number of ether oxygens (including phenoxy) is 8. The lowest BCUT2D eigenvalue weighted by Crippen LogP contribution is -2.41. The predicted molar refractivity (Wildman–Crippen MR) is 409 cm³/mol. The van der Waals surface area contributed by atoms with Crippen molar-refractivity contribution in [3.05, 3.63) is 254 Å². The minimum atomic E-state index is -3.97. The van der Waals surface area contributed by atoms with E-state index < -0.39 is 85.5 Å². The molecule has 28 nitrogen and oxygen atoms in total. The van der Waals surface area contributed by atoms with Gasteiger partial charge in [-0.15, -0.1) is 26.3 Å². The van der Waals surface area contributed by atoms with Crippen LogP contribution in [-0.2, 0) is 72.1 Å². The van der Waals surface area contributed by atoms with Crippen LogP contribution in [0.15, 0.2) is 197 Å². The van der Waals surface area contributed by atoms with Crippen molar-refractivity contribution in [1.82, 2.24) is 39.9 Å². The minimum Gasteiger partial charge on any atom is -0.497 e. The van der Waals surface area contributed by atoms with Gasteiger partial charge < -0.3 is 37.9 Å². The van der Waals surface area contributed by atoms with Crippen molar-refractivity contribution in [3.63, 3.8) is 0 Å². The van der Waals surface area contributed by atoms with Crippen LogP contribution in [0.25, 0.3) is 0 Å². The lowest BCUT2D eigenvalue weighted by atomic mass is 10.2. The zero-order valence-corrected chi connectivity index (χ0v) is 64.9. The first kappa shape index (κ1) is 87.2. The van der Waals surface area contributed by atoms with E-state index >= 15 is 0 Å². The maximum Gasteiger partial charge on any atom is 0.241 e. The van der Waals surface area contributed by atoms with Crippen LogP contribution in [0.2, 0.25) is 0 Å². The Bertz CT molecular complexity index is 4250. The van der Waals surface area contributed by atoms with E-state index in [1.807, 2.05) is 52.0 Å². The largest absolute Gasteiger partial charge is 0.497 e. The number of primary sulfonamides is 2. The van der Waals surface area contributed by atoms with E-state index in [0.29, 0.717) is 57.7 Å². The summed E-state index contributed by atoms with van der Waals surface area (Å²) in [6, 6.07) is 28.4. The average Bonchev–Trinajstić information content (AvgIpc) is 0.785. The minimum absolute atomic E-state index is 0.104. The van der Waals surface area contributed by atoms with E-state index in [4.69, 9.17) is 48.2 Å². The number of hydrogen-bond donors (Lipinski definition) is 2. The van der Waals surface area contributed by atoms with Gasteiger partial charge in [-0.2, -0.15) is 0 Å². The number of hydrogen-bond acceptors (Lipinski definition) is 24. The number of aromatic nitrogens is 8. The van der Waals surface area contributed by atoms with Gasteiger partial charge in [-0.05, 0) is 137 Å². The van der Waals surface area contributed by atoms with Crippen LogP contribution >= 0.6 is 0 Å². The summed E-state index contributed by atoms with van der Waals surface area (Å²) in [5, 5.41) is 6.39. The molecule has 106 heavy (non-hydrogen) atoms. The van der Waals surface area contributed by atoms with Gasteiger partial charge in [0.05, 0.1) is 79.3 Å². The Kier molecular flexibility index (Phi) is 34.5. The molecule has 4 aromatic heterocycles. The third kappa shape index (κ3) is 25.9. The molecule has 0 saturated carbocycles. The molecule has 0 bridgehead atoms. The number of benzene rings is 4. The second-order valence-electron chi connectivity index (χ2n) is 23.8. The maximum atomic E-state index is 14.1. The summed E-state index contributed by atoms with van der Waals surface area (Å²) in [4.78, 5) is 33.7. The van der Waals surface area contributed by atoms with Crippen LogP contribution in [0, 0.1) is 27.7 Å². The maximum absolute atomic E-state index is 14.1. The molecule has 8 rings (SSSR count). The summed E-state index contributed by atoms with van der Waals surface area (Å²) < 4.78 is 148. The highest BCUT2D eigenvalue weighted by Crippen LogP contribution is 2.35. The van der Waals surface area contributed by atoms with Gasteiger partial charge in [0.2, 0.25) is 40.1 Å². The molecule has 0 amide bonds. The van der Waals surface area contributed by atoms with E-state index in [1.54, 1.807) is 163 Å². The predicted octanol–water partition coefficient (Wildman–Crippen LogP) is 10.4. The molecule has 8 atom stereocenters. The van der Waals surface area contributed by atoms with E-state index in [0.717, 1.165) is 33.4 Å². The first-order valence-electron chi connectivity index (χ1n) is 33.0. The van der Waals surface area contributed by atoms with Crippen molar-refractivity contribution in [2.75, 3.05) is 63.5 Å². The Labute approximate surface area is 623 Å². The van der Waals surface area contributed by atoms with E-state index in [1.165, 1.54) is 48.8 Å². The van der Waals surface area contributed by atoms with Gasteiger partial charge in [0.15, 0.2) is 23.3 Å². The van der Waals surface area contributed by atoms with E-state index in [9.17, 15) is 33.7 Å². The Morgan fingerprint density at radius 3 is 0.821 bits per heavy atom. The smallest absolute Gasteiger partial charge is 0.241 e. The van der Waals surface area contributed by atoms with Crippen molar-refractivity contribution >= 4 is 51.5 Å². The first-order chi connectivity index (χ1) is 50.3. The Balaban J connectivity index is 0.000000266. The molecule has 8 aromatic rings. The SMILES string of the molecule is C=CCO[C@@H](c1ncc(C)cn1)[C@H](C)S(=O)(=O)N(Cc1ccc(OC)cc1)c1cccc(OC)c1.C=CCO[C@@H](c1ncc(C)cn1)[C@H](C)S(N)(=O)=O.C=CCO[C@H](c1ncc(C)cn1)[C@@H](C)S(=O)(=O)N(Cc1ccc(OC)cc1)c1cccc(OC)c1.C=CCO[C@H](c1ncc(C)cn1)[C@@H](C)S(N)(=O)=O. The quantitative estimate of drug-likeness (QED) is 0.0345. The zero-order chi connectivity index (χ0) is 78.4. The summed E-state index contributed by atoms with van der Waals surface area (Å²) in [5.41, 5.74) is 6.01. The van der Waals surface area contributed by atoms with Gasteiger partial charge in [-0.1, -0.05) is 60.7 Å². The lowest BCUT2D eigenvalue weighted by molar-refractivity contribution is 0.0667. The van der Waals surface area contributed by atoms with Crippen LogP contribution in [0.1, 0.15) is 109 Å². The molecule has 0 spiro atoms. The number of anilines is 2. The van der Waals surface area contributed by atoms with Crippen molar-refractivity contribution in [2.24, 2.45) is 10.3 Å². The second kappa shape index (κ2) is 42.0. The molecule has 572 valence electrons. The first-order valence-corrected chi connectivity index (χ1v) is 39.2. The molecular weight excluding hydrogens is 1440 g/mol. The third-order valence-corrected chi connectivity index (χ3v) is 22.6.